The maximum atomic E-state index is 12.0. The minimum Gasteiger partial charge on any atom is -0.465 e. The summed E-state index contributed by atoms with van der Waals surface area (Å²) >= 11 is 0. The van der Waals surface area contributed by atoms with Gasteiger partial charge in [-0.25, -0.2) is 8.42 Å². The van der Waals surface area contributed by atoms with E-state index in [4.69, 9.17) is 4.74 Å². The average molecular weight is 278 g/mol. The van der Waals surface area contributed by atoms with E-state index in [0.29, 0.717) is 19.3 Å². The monoisotopic (exact) mass is 278 g/mol. The van der Waals surface area contributed by atoms with E-state index in [1.165, 1.54) is 0 Å². The molecule has 0 aromatic heterocycles. The van der Waals surface area contributed by atoms with Crippen LogP contribution in [0.15, 0.2) is 0 Å². The van der Waals surface area contributed by atoms with E-state index >= 15 is 0 Å². The normalized spacial score (nSPS) is 29.3. The molecule has 106 valence electrons. The van der Waals surface area contributed by atoms with E-state index in [0.717, 1.165) is 6.26 Å². The molecule has 1 rings (SSSR count). The summed E-state index contributed by atoms with van der Waals surface area (Å²) in [4.78, 5) is 12.0. The van der Waals surface area contributed by atoms with Gasteiger partial charge in [0.15, 0.2) is 9.84 Å². The number of aliphatic hydroxyl groups is 1. The largest absolute Gasteiger partial charge is 0.465 e. The van der Waals surface area contributed by atoms with Crippen LogP contribution in [0.5, 0.6) is 0 Å². The van der Waals surface area contributed by atoms with Gasteiger partial charge in [-0.05, 0) is 40.0 Å². The molecule has 0 amide bonds. The number of ether oxygens (including phenoxy) is 1. The van der Waals surface area contributed by atoms with Crippen LogP contribution in [0.2, 0.25) is 0 Å². The molecule has 1 saturated carbocycles. The van der Waals surface area contributed by atoms with Crippen molar-refractivity contribution in [3.8, 4) is 0 Å². The van der Waals surface area contributed by atoms with Crippen LogP contribution in [0, 0.1) is 5.41 Å². The van der Waals surface area contributed by atoms with Crippen LogP contribution in [0.25, 0.3) is 0 Å². The third kappa shape index (κ3) is 2.40. The molecule has 0 aromatic rings. The molecule has 0 heterocycles. The summed E-state index contributed by atoms with van der Waals surface area (Å²) in [6.07, 6.45) is 2.39. The highest BCUT2D eigenvalue weighted by molar-refractivity contribution is 7.91. The molecule has 0 bridgehead atoms. The molecule has 0 saturated heterocycles. The Kier molecular flexibility index (Phi) is 4.13. The fraction of sp³-hybridized carbons (Fsp3) is 0.917. The summed E-state index contributed by atoms with van der Waals surface area (Å²) in [7, 11) is -3.40. The van der Waals surface area contributed by atoms with Crippen molar-refractivity contribution in [3.05, 3.63) is 0 Å². The number of hydrogen-bond donors (Lipinski definition) is 1. The molecule has 0 spiro atoms. The topological polar surface area (TPSA) is 80.7 Å². The fourth-order valence-corrected chi connectivity index (χ4v) is 4.44. The Labute approximate surface area is 108 Å². The second-order valence-electron chi connectivity index (χ2n) is 5.48. The van der Waals surface area contributed by atoms with Crippen LogP contribution in [0.1, 0.15) is 40.0 Å². The van der Waals surface area contributed by atoms with Gasteiger partial charge in [-0.1, -0.05) is 0 Å². The summed E-state index contributed by atoms with van der Waals surface area (Å²) in [5, 5.41) is 9.83. The Bertz CT molecular complexity index is 426. The van der Waals surface area contributed by atoms with E-state index in [2.05, 4.69) is 0 Å². The number of esters is 1. The number of sulfone groups is 1. The van der Waals surface area contributed by atoms with Gasteiger partial charge in [-0.3, -0.25) is 4.79 Å². The molecule has 1 fully saturated rings. The van der Waals surface area contributed by atoms with Gasteiger partial charge in [0.1, 0.15) is 0 Å². The SMILES string of the molecule is CCOC(=O)C(C)(C)C1(O)CCCC1S(C)(=O)=O. The summed E-state index contributed by atoms with van der Waals surface area (Å²) in [6.45, 7) is 4.99. The summed E-state index contributed by atoms with van der Waals surface area (Å²) in [6, 6.07) is 0. The van der Waals surface area contributed by atoms with Gasteiger partial charge >= 0.3 is 5.97 Å². The third-order valence-corrected chi connectivity index (χ3v) is 5.60. The Morgan fingerprint density at radius 1 is 1.50 bits per heavy atom. The highest BCUT2D eigenvalue weighted by Gasteiger charge is 2.59. The predicted molar refractivity (Wildman–Crippen MR) is 67.8 cm³/mol. The molecule has 1 aliphatic carbocycles. The minimum absolute atomic E-state index is 0.210. The minimum atomic E-state index is -3.40. The van der Waals surface area contributed by atoms with E-state index in [1.54, 1.807) is 20.8 Å². The molecular formula is C12H22O5S. The quantitative estimate of drug-likeness (QED) is 0.773. The maximum Gasteiger partial charge on any atom is 0.314 e. The molecule has 5 nitrogen and oxygen atoms in total. The molecule has 2 unspecified atom stereocenters. The van der Waals surface area contributed by atoms with Crippen molar-refractivity contribution in [2.45, 2.75) is 50.9 Å². The van der Waals surface area contributed by atoms with Crippen molar-refractivity contribution in [2.24, 2.45) is 5.41 Å². The summed E-state index contributed by atoms with van der Waals surface area (Å²) in [5.41, 5.74) is -2.78. The van der Waals surface area contributed by atoms with Crippen LogP contribution in [0.4, 0.5) is 0 Å². The van der Waals surface area contributed by atoms with Crippen molar-refractivity contribution in [1.29, 1.82) is 0 Å². The Morgan fingerprint density at radius 2 is 2.06 bits per heavy atom. The third-order valence-electron chi connectivity index (χ3n) is 3.94. The summed E-state index contributed by atoms with van der Waals surface area (Å²) < 4.78 is 28.5. The van der Waals surface area contributed by atoms with Crippen molar-refractivity contribution < 1.29 is 23.1 Å². The van der Waals surface area contributed by atoms with Gasteiger partial charge in [0.05, 0.1) is 22.9 Å². The molecule has 18 heavy (non-hydrogen) atoms. The smallest absolute Gasteiger partial charge is 0.314 e. The van der Waals surface area contributed by atoms with E-state index in [-0.39, 0.29) is 6.61 Å². The lowest BCUT2D eigenvalue weighted by Crippen LogP contribution is -2.57. The zero-order valence-corrected chi connectivity index (χ0v) is 12.2. The van der Waals surface area contributed by atoms with Crippen LogP contribution in [-0.4, -0.2) is 43.2 Å². The highest BCUT2D eigenvalue weighted by atomic mass is 32.2. The van der Waals surface area contributed by atoms with Gasteiger partial charge in [0.25, 0.3) is 0 Å². The number of carbonyl (C=O) groups is 1. The number of rotatable bonds is 4. The molecule has 1 aliphatic rings. The Balaban J connectivity index is 3.15. The average Bonchev–Trinajstić information content (AvgIpc) is 2.61. The molecule has 0 aromatic carbocycles. The first-order valence-electron chi connectivity index (χ1n) is 6.16. The van der Waals surface area contributed by atoms with Gasteiger partial charge in [0, 0.05) is 6.26 Å². The summed E-state index contributed by atoms with van der Waals surface area (Å²) in [5.74, 6) is -0.553. The second kappa shape index (κ2) is 4.81. The number of hydrogen-bond acceptors (Lipinski definition) is 5. The fourth-order valence-electron chi connectivity index (χ4n) is 2.73. The van der Waals surface area contributed by atoms with Crippen LogP contribution >= 0.6 is 0 Å². The lowest BCUT2D eigenvalue weighted by atomic mass is 9.73. The van der Waals surface area contributed by atoms with Crippen molar-refractivity contribution in [2.75, 3.05) is 12.9 Å². The Hall–Kier alpha value is -0.620. The maximum absolute atomic E-state index is 12.0. The van der Waals surface area contributed by atoms with Gasteiger partial charge in [-0.15, -0.1) is 0 Å². The predicted octanol–water partition coefficient (Wildman–Crippen LogP) is 0.904. The molecular weight excluding hydrogens is 256 g/mol. The van der Waals surface area contributed by atoms with E-state index < -0.39 is 32.1 Å². The Morgan fingerprint density at radius 3 is 2.50 bits per heavy atom. The van der Waals surface area contributed by atoms with Crippen LogP contribution in [-0.2, 0) is 19.4 Å². The first-order valence-corrected chi connectivity index (χ1v) is 8.11. The molecule has 2 atom stereocenters. The van der Waals surface area contributed by atoms with E-state index in [9.17, 15) is 18.3 Å². The lowest BCUT2D eigenvalue weighted by Gasteiger charge is -2.41. The van der Waals surface area contributed by atoms with Gasteiger partial charge < -0.3 is 9.84 Å². The second-order valence-corrected chi connectivity index (χ2v) is 7.71. The molecule has 0 aliphatic heterocycles. The van der Waals surface area contributed by atoms with E-state index in [1.807, 2.05) is 0 Å². The zero-order valence-electron chi connectivity index (χ0n) is 11.4. The van der Waals surface area contributed by atoms with Gasteiger partial charge in [-0.2, -0.15) is 0 Å². The van der Waals surface area contributed by atoms with Crippen molar-refractivity contribution in [1.82, 2.24) is 0 Å². The van der Waals surface area contributed by atoms with Crippen molar-refractivity contribution in [3.63, 3.8) is 0 Å². The number of carbonyl (C=O) groups excluding carboxylic acids is 1. The van der Waals surface area contributed by atoms with Crippen LogP contribution in [0.3, 0.4) is 0 Å². The van der Waals surface area contributed by atoms with Crippen LogP contribution < -0.4 is 0 Å². The standard InChI is InChI=1S/C12H22O5S/c1-5-17-10(13)11(2,3)12(14)8-6-7-9(12)18(4,15)16/h9,14H,5-8H2,1-4H3. The lowest BCUT2D eigenvalue weighted by molar-refractivity contribution is -0.169. The highest BCUT2D eigenvalue weighted by Crippen LogP contribution is 2.47. The van der Waals surface area contributed by atoms with Crippen molar-refractivity contribution >= 4 is 15.8 Å². The van der Waals surface area contributed by atoms with Gasteiger partial charge in [0.2, 0.25) is 0 Å². The molecule has 0 radical (unpaired) electrons. The molecule has 6 heteroatoms. The zero-order chi connectivity index (χ0) is 14.2. The first-order chi connectivity index (χ1) is 8.07. The molecule has 1 N–H and O–H groups in total. The first kappa shape index (κ1) is 15.4.